The first-order chi connectivity index (χ1) is 13.0. The molecule has 0 aliphatic rings. The number of nitrogens with zero attached hydrogens (tertiary/aromatic N) is 6. The van der Waals surface area contributed by atoms with Crippen molar-refractivity contribution < 1.29 is 4.42 Å². The maximum absolute atomic E-state index is 12.6. The molecule has 0 amide bonds. The topological polar surface area (TPSA) is 101 Å². The number of aromatic nitrogens is 6. The molecule has 0 bridgehead atoms. The van der Waals surface area contributed by atoms with E-state index in [1.54, 1.807) is 11.6 Å². The summed E-state index contributed by atoms with van der Waals surface area (Å²) in [5.41, 5.74) is 2.79. The molecule has 138 valence electrons. The van der Waals surface area contributed by atoms with Crippen LogP contribution in [0.2, 0.25) is 0 Å². The number of fused-ring (bicyclic) bond motifs is 1. The Balaban J connectivity index is 1.54. The maximum atomic E-state index is 12.6. The lowest BCUT2D eigenvalue weighted by Crippen LogP contribution is -2.22. The third-order valence-corrected chi connectivity index (χ3v) is 4.39. The summed E-state index contributed by atoms with van der Waals surface area (Å²) in [6.45, 7) is 2.46. The predicted octanol–water partition coefficient (Wildman–Crippen LogP) is 0.879. The number of imidazole rings is 1. The summed E-state index contributed by atoms with van der Waals surface area (Å²) in [6.07, 6.45) is 3.57. The first-order valence-corrected chi connectivity index (χ1v) is 8.50. The summed E-state index contributed by atoms with van der Waals surface area (Å²) >= 11 is 0. The molecule has 0 saturated heterocycles. The normalized spacial score (nSPS) is 11.3. The minimum atomic E-state index is -0.542. The molecule has 0 aliphatic heterocycles. The van der Waals surface area contributed by atoms with Crippen LogP contribution < -0.4 is 11.3 Å². The summed E-state index contributed by atoms with van der Waals surface area (Å²) in [5, 5.41) is 4.20. The summed E-state index contributed by atoms with van der Waals surface area (Å²) < 4.78 is 9.42. The van der Waals surface area contributed by atoms with Gasteiger partial charge in [-0.05, 0) is 18.9 Å². The van der Waals surface area contributed by atoms with Crippen LogP contribution in [-0.2, 0) is 26.6 Å². The third-order valence-electron chi connectivity index (χ3n) is 4.39. The SMILES string of the molecule is Cc1ccc(CCn2nc(Cn3cnc4ncn(C)c4c3=O)oc2=O)cc1. The fraction of sp³-hybridized carbons (Fsp3) is 0.278. The highest BCUT2D eigenvalue weighted by atomic mass is 16.4. The van der Waals surface area contributed by atoms with Gasteiger partial charge < -0.3 is 8.98 Å². The van der Waals surface area contributed by atoms with Gasteiger partial charge in [-0.15, -0.1) is 5.10 Å². The quantitative estimate of drug-likeness (QED) is 0.520. The molecule has 0 saturated carbocycles. The van der Waals surface area contributed by atoms with Gasteiger partial charge in [0.05, 0.1) is 12.9 Å². The molecule has 4 aromatic rings. The standard InChI is InChI=1S/C18H18N6O3/c1-12-3-5-13(6-4-12)7-8-24-18(26)27-14(21-24)9-23-11-20-16-15(17(23)25)22(2)10-19-16/h3-6,10-11H,7-9H2,1-2H3. The van der Waals surface area contributed by atoms with Crippen molar-refractivity contribution in [2.45, 2.75) is 26.4 Å². The van der Waals surface area contributed by atoms with Gasteiger partial charge in [-0.3, -0.25) is 9.36 Å². The van der Waals surface area contributed by atoms with Crippen molar-refractivity contribution in [1.29, 1.82) is 0 Å². The van der Waals surface area contributed by atoms with E-state index in [4.69, 9.17) is 4.42 Å². The van der Waals surface area contributed by atoms with Crippen LogP contribution in [0.15, 0.2) is 50.9 Å². The second kappa shape index (κ2) is 6.67. The lowest BCUT2D eigenvalue weighted by molar-refractivity contribution is 0.434. The molecule has 9 heteroatoms. The zero-order chi connectivity index (χ0) is 19.0. The van der Waals surface area contributed by atoms with Crippen LogP contribution >= 0.6 is 0 Å². The fourth-order valence-corrected chi connectivity index (χ4v) is 2.87. The van der Waals surface area contributed by atoms with E-state index in [1.165, 1.54) is 27.5 Å². The zero-order valence-electron chi connectivity index (χ0n) is 15.0. The first kappa shape index (κ1) is 17.0. The summed E-state index contributed by atoms with van der Waals surface area (Å²) in [7, 11) is 1.72. The smallest absolute Gasteiger partial charge is 0.390 e. The molecule has 0 unspecified atom stereocenters. The van der Waals surface area contributed by atoms with E-state index in [9.17, 15) is 9.59 Å². The van der Waals surface area contributed by atoms with E-state index < -0.39 is 5.76 Å². The lowest BCUT2D eigenvalue weighted by atomic mass is 10.1. The van der Waals surface area contributed by atoms with Crippen LogP contribution in [0.1, 0.15) is 17.0 Å². The number of hydrogen-bond donors (Lipinski definition) is 0. The van der Waals surface area contributed by atoms with Gasteiger partial charge in [0.2, 0.25) is 5.89 Å². The van der Waals surface area contributed by atoms with Crippen molar-refractivity contribution in [2.75, 3.05) is 0 Å². The van der Waals surface area contributed by atoms with Gasteiger partial charge in [0.15, 0.2) is 11.2 Å². The Kier molecular flexibility index (Phi) is 4.19. The van der Waals surface area contributed by atoms with Crippen molar-refractivity contribution in [3.8, 4) is 0 Å². The average molecular weight is 366 g/mol. The second-order valence-electron chi connectivity index (χ2n) is 6.43. The Morgan fingerprint density at radius 3 is 2.59 bits per heavy atom. The predicted molar refractivity (Wildman–Crippen MR) is 97.5 cm³/mol. The number of aryl methyl sites for hydroxylation is 4. The van der Waals surface area contributed by atoms with E-state index in [-0.39, 0.29) is 18.0 Å². The Labute approximate surface area is 153 Å². The van der Waals surface area contributed by atoms with Crippen molar-refractivity contribution in [3.63, 3.8) is 0 Å². The van der Waals surface area contributed by atoms with Gasteiger partial charge in [0, 0.05) is 7.05 Å². The van der Waals surface area contributed by atoms with Gasteiger partial charge in [-0.1, -0.05) is 29.8 Å². The van der Waals surface area contributed by atoms with E-state index in [0.717, 1.165) is 5.56 Å². The highest BCUT2D eigenvalue weighted by Crippen LogP contribution is 2.06. The van der Waals surface area contributed by atoms with Gasteiger partial charge in [-0.25, -0.2) is 14.8 Å². The second-order valence-corrected chi connectivity index (χ2v) is 6.43. The Morgan fingerprint density at radius 1 is 1.07 bits per heavy atom. The minimum absolute atomic E-state index is 0.0275. The Morgan fingerprint density at radius 2 is 1.81 bits per heavy atom. The van der Waals surface area contributed by atoms with Crippen molar-refractivity contribution in [1.82, 2.24) is 28.9 Å². The third kappa shape index (κ3) is 3.31. The van der Waals surface area contributed by atoms with Crippen molar-refractivity contribution in [2.24, 2.45) is 7.05 Å². The number of rotatable bonds is 5. The van der Waals surface area contributed by atoms with E-state index in [2.05, 4.69) is 15.1 Å². The average Bonchev–Trinajstić information content (AvgIpc) is 3.20. The van der Waals surface area contributed by atoms with Crippen molar-refractivity contribution >= 4 is 11.2 Å². The van der Waals surface area contributed by atoms with Crippen molar-refractivity contribution in [3.05, 3.63) is 74.8 Å². The van der Waals surface area contributed by atoms with Gasteiger partial charge in [0.25, 0.3) is 5.56 Å². The summed E-state index contributed by atoms with van der Waals surface area (Å²) in [5.74, 6) is -0.381. The number of benzene rings is 1. The van der Waals surface area contributed by atoms with Crippen LogP contribution in [-0.4, -0.2) is 28.9 Å². The Bertz CT molecular complexity index is 1210. The molecule has 3 heterocycles. The first-order valence-electron chi connectivity index (χ1n) is 8.50. The highest BCUT2D eigenvalue weighted by Gasteiger charge is 2.13. The zero-order valence-corrected chi connectivity index (χ0v) is 15.0. The van der Waals surface area contributed by atoms with Gasteiger partial charge >= 0.3 is 5.76 Å². The molecule has 1 aromatic carbocycles. The Hall–Kier alpha value is -3.49. The van der Waals surface area contributed by atoms with Crippen LogP contribution in [0.3, 0.4) is 0 Å². The molecular weight excluding hydrogens is 348 g/mol. The minimum Gasteiger partial charge on any atom is -0.390 e. The molecule has 4 rings (SSSR count). The van der Waals surface area contributed by atoms with Crippen LogP contribution in [0, 0.1) is 6.92 Å². The lowest BCUT2D eigenvalue weighted by Gasteiger charge is -2.02. The molecule has 0 atom stereocenters. The van der Waals surface area contributed by atoms with Crippen LogP contribution in [0.4, 0.5) is 0 Å². The van der Waals surface area contributed by atoms with Gasteiger partial charge in [-0.2, -0.15) is 4.68 Å². The van der Waals surface area contributed by atoms with E-state index in [0.29, 0.717) is 24.1 Å². The number of hydrogen-bond acceptors (Lipinski definition) is 6. The maximum Gasteiger partial charge on any atom is 0.437 e. The van der Waals surface area contributed by atoms with Crippen LogP contribution in [0.5, 0.6) is 0 Å². The largest absolute Gasteiger partial charge is 0.437 e. The molecule has 0 aliphatic carbocycles. The molecule has 27 heavy (non-hydrogen) atoms. The van der Waals surface area contributed by atoms with Crippen LogP contribution in [0.25, 0.3) is 11.2 Å². The molecule has 0 fully saturated rings. The highest BCUT2D eigenvalue weighted by molar-refractivity contribution is 5.68. The van der Waals surface area contributed by atoms with E-state index >= 15 is 0 Å². The molecule has 9 nitrogen and oxygen atoms in total. The molecule has 0 radical (unpaired) electrons. The molecule has 0 N–H and O–H groups in total. The summed E-state index contributed by atoms with van der Waals surface area (Å²) in [4.78, 5) is 32.8. The summed E-state index contributed by atoms with van der Waals surface area (Å²) in [6, 6.07) is 8.10. The monoisotopic (exact) mass is 366 g/mol. The molecular formula is C18H18N6O3. The van der Waals surface area contributed by atoms with E-state index in [1.807, 2.05) is 31.2 Å². The molecule has 3 aromatic heterocycles. The van der Waals surface area contributed by atoms with Gasteiger partial charge in [0.1, 0.15) is 12.9 Å². The molecule has 0 spiro atoms. The fourth-order valence-electron chi connectivity index (χ4n) is 2.87.